The number of hydrogen-bond donors (Lipinski definition) is 0. The molecule has 1 atom stereocenters. The van der Waals surface area contributed by atoms with Gasteiger partial charge in [0.15, 0.2) is 0 Å². The molecule has 0 aliphatic carbocycles. The van der Waals surface area contributed by atoms with Gasteiger partial charge in [-0.25, -0.2) is 0 Å². The summed E-state index contributed by atoms with van der Waals surface area (Å²) < 4.78 is 5.88. The Labute approximate surface area is 126 Å². The van der Waals surface area contributed by atoms with Crippen LogP contribution in [0.1, 0.15) is 24.2 Å². The van der Waals surface area contributed by atoms with E-state index in [-0.39, 0.29) is 17.6 Å². The van der Waals surface area contributed by atoms with E-state index in [1.54, 1.807) is 17.2 Å². The van der Waals surface area contributed by atoms with Crippen LogP contribution < -0.4 is 0 Å². The number of nitrogens with zero attached hydrogens (tertiary/aromatic N) is 2. The summed E-state index contributed by atoms with van der Waals surface area (Å²) in [5.74, 6) is -0.0743. The molecule has 0 aromatic carbocycles. The van der Waals surface area contributed by atoms with Crippen molar-refractivity contribution in [2.75, 3.05) is 18.4 Å². The third kappa shape index (κ3) is 3.46. The van der Waals surface area contributed by atoms with Gasteiger partial charge in [0.2, 0.25) is 0 Å². The second-order valence-electron chi connectivity index (χ2n) is 5.20. The molecule has 1 fully saturated rings. The second-order valence-corrected chi connectivity index (χ2v) is 6.25. The summed E-state index contributed by atoms with van der Waals surface area (Å²) in [6.45, 7) is 5.08. The molecule has 1 saturated heterocycles. The molecular formula is C13H16BrClN2O2. The van der Waals surface area contributed by atoms with E-state index in [1.807, 2.05) is 13.8 Å². The third-order valence-electron chi connectivity index (χ3n) is 2.94. The predicted octanol–water partition coefficient (Wildman–Crippen LogP) is 2.75. The molecule has 1 aliphatic heterocycles. The lowest BCUT2D eigenvalue weighted by molar-refractivity contribution is -0.116. The van der Waals surface area contributed by atoms with Gasteiger partial charge in [0, 0.05) is 30.8 Å². The Bertz CT molecular complexity index is 481. The van der Waals surface area contributed by atoms with Crippen molar-refractivity contribution in [3.63, 3.8) is 0 Å². The van der Waals surface area contributed by atoms with Crippen LogP contribution in [0.2, 0.25) is 5.02 Å². The first-order valence-corrected chi connectivity index (χ1v) is 7.55. The highest BCUT2D eigenvalue weighted by Crippen LogP contribution is 2.25. The minimum absolute atomic E-state index is 0.00619. The zero-order valence-corrected chi connectivity index (χ0v) is 13.2. The molecule has 0 radical (unpaired) electrons. The molecule has 1 aromatic heterocycles. The van der Waals surface area contributed by atoms with Crippen LogP contribution in [0.15, 0.2) is 18.5 Å². The van der Waals surface area contributed by atoms with Gasteiger partial charge < -0.3 is 9.64 Å². The Hall–Kier alpha value is -0.650. The molecule has 6 heteroatoms. The molecule has 0 saturated carbocycles. The van der Waals surface area contributed by atoms with E-state index in [0.29, 0.717) is 29.0 Å². The number of morpholine rings is 1. The lowest BCUT2D eigenvalue weighted by Crippen LogP contribution is -2.55. The molecule has 1 unspecified atom stereocenters. The zero-order chi connectivity index (χ0) is 14.0. The van der Waals surface area contributed by atoms with Crippen LogP contribution in [0.4, 0.5) is 0 Å². The molecule has 104 valence electrons. The van der Waals surface area contributed by atoms with Crippen molar-refractivity contribution in [3.05, 3.63) is 29.0 Å². The maximum atomic E-state index is 12.5. The fraction of sp³-hybridized carbons (Fsp3) is 0.538. The van der Waals surface area contributed by atoms with E-state index >= 15 is 0 Å². The van der Waals surface area contributed by atoms with Gasteiger partial charge in [0.25, 0.3) is 5.91 Å². The standard InChI is InChI=1S/C13H16BrClN2O2/c1-13(2)8-17(7-9(5-14)19-13)12(18)10-3-4-16-6-11(10)15/h3-4,6,9H,5,7-8H2,1-2H3. The largest absolute Gasteiger partial charge is 0.368 e. The Morgan fingerprint density at radius 1 is 1.68 bits per heavy atom. The number of amides is 1. The smallest absolute Gasteiger partial charge is 0.255 e. The monoisotopic (exact) mass is 346 g/mol. The zero-order valence-electron chi connectivity index (χ0n) is 10.9. The van der Waals surface area contributed by atoms with Crippen molar-refractivity contribution in [2.45, 2.75) is 25.6 Å². The van der Waals surface area contributed by atoms with Gasteiger partial charge >= 0.3 is 0 Å². The van der Waals surface area contributed by atoms with Crippen molar-refractivity contribution < 1.29 is 9.53 Å². The number of carbonyl (C=O) groups is 1. The molecule has 19 heavy (non-hydrogen) atoms. The topological polar surface area (TPSA) is 42.4 Å². The minimum atomic E-state index is -0.355. The average Bonchev–Trinajstić information content (AvgIpc) is 2.36. The number of carbonyl (C=O) groups excluding carboxylic acids is 1. The van der Waals surface area contributed by atoms with Crippen molar-refractivity contribution >= 4 is 33.4 Å². The van der Waals surface area contributed by atoms with Crippen molar-refractivity contribution in [1.82, 2.24) is 9.88 Å². The van der Waals surface area contributed by atoms with Crippen LogP contribution >= 0.6 is 27.5 Å². The van der Waals surface area contributed by atoms with Crippen molar-refractivity contribution in [2.24, 2.45) is 0 Å². The SMILES string of the molecule is CC1(C)CN(C(=O)c2ccncc2Cl)CC(CBr)O1. The quantitative estimate of drug-likeness (QED) is 0.773. The summed E-state index contributed by atoms with van der Waals surface area (Å²) in [6, 6.07) is 1.65. The highest BCUT2D eigenvalue weighted by Gasteiger charge is 2.35. The maximum Gasteiger partial charge on any atom is 0.255 e. The number of alkyl halides is 1. The summed E-state index contributed by atoms with van der Waals surface area (Å²) in [5.41, 5.74) is 0.133. The molecule has 2 rings (SSSR count). The van der Waals surface area contributed by atoms with Gasteiger partial charge in [-0.3, -0.25) is 9.78 Å². The fourth-order valence-electron chi connectivity index (χ4n) is 2.25. The molecule has 4 nitrogen and oxygen atoms in total. The number of pyridine rings is 1. The van der Waals surface area contributed by atoms with E-state index in [2.05, 4.69) is 20.9 Å². The third-order valence-corrected chi connectivity index (χ3v) is 3.97. The molecule has 1 aromatic rings. The van der Waals surface area contributed by atoms with Crippen LogP contribution in [-0.2, 0) is 4.74 Å². The van der Waals surface area contributed by atoms with Crippen LogP contribution in [0.3, 0.4) is 0 Å². The van der Waals surface area contributed by atoms with Gasteiger partial charge in [-0.05, 0) is 19.9 Å². The molecule has 1 amide bonds. The number of rotatable bonds is 2. The number of halogens is 2. The average molecular weight is 348 g/mol. The minimum Gasteiger partial charge on any atom is -0.368 e. The summed E-state index contributed by atoms with van der Waals surface area (Å²) >= 11 is 9.44. The van der Waals surface area contributed by atoms with Gasteiger partial charge in [0.05, 0.1) is 22.3 Å². The van der Waals surface area contributed by atoms with Gasteiger partial charge in [0.1, 0.15) is 0 Å². The van der Waals surface area contributed by atoms with E-state index in [4.69, 9.17) is 16.3 Å². The summed E-state index contributed by atoms with van der Waals surface area (Å²) in [4.78, 5) is 18.2. The first kappa shape index (κ1) is 14.8. The van der Waals surface area contributed by atoms with Gasteiger partial charge in [-0.15, -0.1) is 0 Å². The lowest BCUT2D eigenvalue weighted by atomic mass is 10.0. The van der Waals surface area contributed by atoms with E-state index in [1.165, 1.54) is 6.20 Å². The Kier molecular flexibility index (Phi) is 4.48. The van der Waals surface area contributed by atoms with Crippen molar-refractivity contribution in [3.8, 4) is 0 Å². The highest BCUT2D eigenvalue weighted by molar-refractivity contribution is 9.09. The Morgan fingerprint density at radius 3 is 3.05 bits per heavy atom. The Morgan fingerprint density at radius 2 is 2.42 bits per heavy atom. The summed E-state index contributed by atoms with van der Waals surface area (Å²) in [6.07, 6.45) is 3.06. The van der Waals surface area contributed by atoms with E-state index in [9.17, 15) is 4.79 Å². The molecule has 1 aliphatic rings. The second kappa shape index (κ2) is 5.77. The van der Waals surface area contributed by atoms with Crippen LogP contribution in [-0.4, -0.2) is 45.9 Å². The number of aromatic nitrogens is 1. The van der Waals surface area contributed by atoms with Crippen LogP contribution in [0.25, 0.3) is 0 Å². The maximum absolute atomic E-state index is 12.5. The van der Waals surface area contributed by atoms with E-state index < -0.39 is 0 Å². The lowest BCUT2D eigenvalue weighted by Gasteiger charge is -2.42. The first-order chi connectivity index (χ1) is 8.93. The highest BCUT2D eigenvalue weighted by atomic mass is 79.9. The van der Waals surface area contributed by atoms with Crippen LogP contribution in [0, 0.1) is 0 Å². The molecule has 2 heterocycles. The fourth-order valence-corrected chi connectivity index (χ4v) is 2.79. The first-order valence-electron chi connectivity index (χ1n) is 6.05. The predicted molar refractivity (Wildman–Crippen MR) is 77.9 cm³/mol. The normalized spacial score (nSPS) is 22.3. The molecule has 0 spiro atoms. The molecule has 0 bridgehead atoms. The molecule has 0 N–H and O–H groups in total. The van der Waals surface area contributed by atoms with Gasteiger partial charge in [-0.1, -0.05) is 27.5 Å². The number of ether oxygens (including phenoxy) is 1. The summed E-state index contributed by atoms with van der Waals surface area (Å²) in [5, 5.41) is 1.08. The van der Waals surface area contributed by atoms with Gasteiger partial charge in [-0.2, -0.15) is 0 Å². The van der Waals surface area contributed by atoms with E-state index in [0.717, 1.165) is 0 Å². The Balaban J connectivity index is 2.21. The summed E-state index contributed by atoms with van der Waals surface area (Å²) in [7, 11) is 0. The number of hydrogen-bond acceptors (Lipinski definition) is 3. The van der Waals surface area contributed by atoms with Crippen LogP contribution in [0.5, 0.6) is 0 Å². The van der Waals surface area contributed by atoms with Crippen molar-refractivity contribution in [1.29, 1.82) is 0 Å². The molecular weight excluding hydrogens is 332 g/mol.